The van der Waals surface area contributed by atoms with Gasteiger partial charge in [-0.3, -0.25) is 0 Å². The second-order valence-corrected chi connectivity index (χ2v) is 7.14. The third kappa shape index (κ3) is 2.48. The van der Waals surface area contributed by atoms with Gasteiger partial charge >= 0.3 is 0 Å². The molecule has 0 fully saturated rings. The second kappa shape index (κ2) is 4.75. The van der Waals surface area contributed by atoms with Gasteiger partial charge < -0.3 is 10.7 Å². The fourth-order valence-electron chi connectivity index (χ4n) is 2.16. The Hall–Kier alpha value is -2.05. The van der Waals surface area contributed by atoms with Crippen LogP contribution in [0.1, 0.15) is 0 Å². The summed E-state index contributed by atoms with van der Waals surface area (Å²) < 4.78 is 23.6. The number of imidazole rings is 1. The number of fused-ring (bicyclic) bond motifs is 1. The molecule has 7 heteroatoms. The van der Waals surface area contributed by atoms with Crippen LogP contribution in [0.15, 0.2) is 41.3 Å². The number of aromatic amines is 1. The first-order valence-electron chi connectivity index (χ1n) is 6.10. The van der Waals surface area contributed by atoms with Crippen LogP contribution in [0.4, 0.5) is 5.69 Å². The molecular formula is C14H12ClN3O2S. The molecule has 0 aliphatic carbocycles. The maximum Gasteiger partial charge on any atom is 0.177 e. The van der Waals surface area contributed by atoms with Crippen molar-refractivity contribution >= 4 is 38.2 Å². The molecule has 0 aliphatic heterocycles. The van der Waals surface area contributed by atoms with Crippen LogP contribution in [-0.2, 0) is 9.84 Å². The molecule has 5 nitrogen and oxygen atoms in total. The van der Waals surface area contributed by atoms with Gasteiger partial charge in [-0.1, -0.05) is 17.7 Å². The molecule has 1 aromatic heterocycles. The van der Waals surface area contributed by atoms with E-state index in [1.807, 2.05) is 0 Å². The Morgan fingerprint density at radius 3 is 2.71 bits per heavy atom. The van der Waals surface area contributed by atoms with Crippen molar-refractivity contribution in [2.45, 2.75) is 4.90 Å². The molecule has 3 rings (SSSR count). The van der Waals surface area contributed by atoms with Crippen molar-refractivity contribution in [3.05, 3.63) is 41.4 Å². The topological polar surface area (TPSA) is 88.8 Å². The van der Waals surface area contributed by atoms with Crippen LogP contribution < -0.4 is 5.73 Å². The number of benzene rings is 2. The lowest BCUT2D eigenvalue weighted by Crippen LogP contribution is -1.97. The minimum atomic E-state index is -3.36. The summed E-state index contributed by atoms with van der Waals surface area (Å²) in [4.78, 5) is 7.64. The summed E-state index contributed by atoms with van der Waals surface area (Å²) in [7, 11) is -3.36. The van der Waals surface area contributed by atoms with Crippen LogP contribution in [0.5, 0.6) is 0 Å². The summed E-state index contributed by atoms with van der Waals surface area (Å²) in [6, 6.07) is 10.0. The van der Waals surface area contributed by atoms with E-state index >= 15 is 0 Å². The zero-order valence-corrected chi connectivity index (χ0v) is 12.7. The van der Waals surface area contributed by atoms with Gasteiger partial charge in [0.05, 0.1) is 15.4 Å². The van der Waals surface area contributed by atoms with Crippen LogP contribution in [-0.4, -0.2) is 24.6 Å². The molecule has 0 radical (unpaired) electrons. The Labute approximate surface area is 126 Å². The van der Waals surface area contributed by atoms with E-state index in [-0.39, 0.29) is 4.90 Å². The number of sulfone groups is 1. The van der Waals surface area contributed by atoms with Crippen LogP contribution in [0.2, 0.25) is 5.02 Å². The molecule has 3 aromatic rings. The lowest BCUT2D eigenvalue weighted by Gasteiger charge is -2.01. The Balaban J connectivity index is 2.30. The van der Waals surface area contributed by atoms with Crippen LogP contribution in [0, 0.1) is 0 Å². The highest BCUT2D eigenvalue weighted by Gasteiger charge is 2.16. The van der Waals surface area contributed by atoms with Gasteiger partial charge in [0, 0.05) is 17.5 Å². The third-order valence-electron chi connectivity index (χ3n) is 3.12. The average Bonchev–Trinajstić information content (AvgIpc) is 2.83. The normalized spacial score (nSPS) is 11.9. The average molecular weight is 322 g/mol. The number of hydrogen-bond donors (Lipinski definition) is 2. The predicted molar refractivity (Wildman–Crippen MR) is 84.1 cm³/mol. The first-order chi connectivity index (χ1) is 9.86. The van der Waals surface area contributed by atoms with Crippen LogP contribution >= 0.6 is 11.6 Å². The predicted octanol–water partition coefficient (Wildman–Crippen LogP) is 2.87. The molecule has 0 saturated carbocycles. The summed E-state index contributed by atoms with van der Waals surface area (Å²) >= 11 is 6.15. The highest BCUT2D eigenvalue weighted by atomic mass is 35.5. The lowest BCUT2D eigenvalue weighted by atomic mass is 10.2. The highest BCUT2D eigenvalue weighted by Crippen LogP contribution is 2.31. The van der Waals surface area contributed by atoms with Crippen LogP contribution in [0.3, 0.4) is 0 Å². The summed E-state index contributed by atoms with van der Waals surface area (Å²) in [6.07, 6.45) is 1.16. The number of nitrogens with zero attached hydrogens (tertiary/aromatic N) is 1. The number of nitrogens with one attached hydrogen (secondary N) is 1. The molecular weight excluding hydrogens is 310 g/mol. The maximum atomic E-state index is 11.8. The maximum absolute atomic E-state index is 11.8. The summed E-state index contributed by atoms with van der Waals surface area (Å²) in [5.74, 6) is 0.485. The Bertz CT molecular complexity index is 948. The van der Waals surface area contributed by atoms with E-state index in [2.05, 4.69) is 9.97 Å². The lowest BCUT2D eigenvalue weighted by molar-refractivity contribution is 0.602. The van der Waals surface area contributed by atoms with Crippen molar-refractivity contribution in [3.63, 3.8) is 0 Å². The number of H-pyrrole nitrogens is 1. The Morgan fingerprint density at radius 1 is 1.24 bits per heavy atom. The molecule has 21 heavy (non-hydrogen) atoms. The number of halogens is 1. The number of anilines is 1. The van der Waals surface area contributed by atoms with Gasteiger partial charge in [-0.25, -0.2) is 13.4 Å². The highest BCUT2D eigenvalue weighted by molar-refractivity contribution is 7.91. The van der Waals surface area contributed by atoms with E-state index < -0.39 is 9.84 Å². The number of nitrogen functional groups attached to an aromatic ring is 1. The fourth-order valence-corrected chi connectivity index (χ4v) is 3.20. The zero-order chi connectivity index (χ0) is 15.2. The minimum Gasteiger partial charge on any atom is -0.399 e. The number of nitrogens with two attached hydrogens (primary N) is 1. The van der Waals surface area contributed by atoms with Crippen molar-refractivity contribution in [1.82, 2.24) is 9.97 Å². The van der Waals surface area contributed by atoms with Gasteiger partial charge in [-0.15, -0.1) is 0 Å². The third-order valence-corrected chi connectivity index (χ3v) is 4.58. The molecule has 0 amide bonds. The number of para-hydroxylation sites is 1. The summed E-state index contributed by atoms with van der Waals surface area (Å²) in [5.41, 5.74) is 7.98. The van der Waals surface area contributed by atoms with E-state index in [1.54, 1.807) is 30.3 Å². The summed E-state index contributed by atoms with van der Waals surface area (Å²) in [6.45, 7) is 0. The van der Waals surface area contributed by atoms with E-state index in [9.17, 15) is 8.42 Å². The second-order valence-electron chi connectivity index (χ2n) is 4.75. The van der Waals surface area contributed by atoms with E-state index in [4.69, 9.17) is 17.3 Å². The van der Waals surface area contributed by atoms with Gasteiger partial charge in [-0.2, -0.15) is 0 Å². The molecule has 0 saturated heterocycles. The molecule has 3 N–H and O–H groups in total. The van der Waals surface area contributed by atoms with Gasteiger partial charge in [0.15, 0.2) is 9.84 Å². The van der Waals surface area contributed by atoms with Crippen LogP contribution in [0.25, 0.3) is 22.4 Å². The molecule has 0 spiro atoms. The summed E-state index contributed by atoms with van der Waals surface area (Å²) in [5, 5.41) is 0.490. The van der Waals surface area contributed by atoms with Gasteiger partial charge in [0.2, 0.25) is 0 Å². The first-order valence-corrected chi connectivity index (χ1v) is 8.37. The molecule has 0 aliphatic rings. The van der Waals surface area contributed by atoms with E-state index in [1.165, 1.54) is 6.07 Å². The zero-order valence-electron chi connectivity index (χ0n) is 11.1. The first kappa shape index (κ1) is 13.9. The van der Waals surface area contributed by atoms with Crippen molar-refractivity contribution in [3.8, 4) is 11.4 Å². The monoisotopic (exact) mass is 321 g/mol. The quantitative estimate of drug-likeness (QED) is 0.710. The van der Waals surface area contributed by atoms with Crippen molar-refractivity contribution < 1.29 is 8.42 Å². The largest absolute Gasteiger partial charge is 0.399 e. The Kier molecular flexibility index (Phi) is 3.15. The van der Waals surface area contributed by atoms with Gasteiger partial charge in [-0.05, 0) is 30.3 Å². The van der Waals surface area contributed by atoms with Crippen molar-refractivity contribution in [2.24, 2.45) is 0 Å². The molecule has 0 atom stereocenters. The van der Waals surface area contributed by atoms with Crippen molar-refractivity contribution in [2.75, 3.05) is 12.0 Å². The number of hydrogen-bond acceptors (Lipinski definition) is 4. The molecule has 1 heterocycles. The smallest absolute Gasteiger partial charge is 0.177 e. The van der Waals surface area contributed by atoms with Crippen molar-refractivity contribution in [1.29, 1.82) is 0 Å². The number of aromatic nitrogens is 2. The molecule has 0 unspecified atom stereocenters. The number of rotatable bonds is 2. The SMILES string of the molecule is CS(=O)(=O)c1cccc2[nH]c(-c3cc(N)ccc3Cl)nc12. The van der Waals surface area contributed by atoms with E-state index in [0.717, 1.165) is 6.26 Å². The standard InChI is InChI=1S/C14H12ClN3O2S/c1-21(19,20)12-4-2-3-11-13(12)18-14(17-11)9-7-8(16)5-6-10(9)15/h2-7H,16H2,1H3,(H,17,18). The molecule has 108 valence electrons. The fraction of sp³-hybridized carbons (Fsp3) is 0.0714. The molecule has 2 aromatic carbocycles. The van der Waals surface area contributed by atoms with Gasteiger partial charge in [0.1, 0.15) is 11.3 Å². The molecule has 0 bridgehead atoms. The Morgan fingerprint density at radius 2 is 2.00 bits per heavy atom. The van der Waals surface area contributed by atoms with Gasteiger partial charge in [0.25, 0.3) is 0 Å². The van der Waals surface area contributed by atoms with E-state index in [0.29, 0.717) is 33.1 Å². The minimum absolute atomic E-state index is 0.183.